The Bertz CT molecular complexity index is 418. The van der Waals surface area contributed by atoms with Gasteiger partial charge in [-0.15, -0.1) is 0 Å². The molecule has 0 amide bonds. The molecule has 0 saturated heterocycles. The minimum atomic E-state index is -0.773. The van der Waals surface area contributed by atoms with Crippen molar-refractivity contribution in [1.29, 1.82) is 0 Å². The number of aromatic nitrogens is 2. The second-order valence-corrected chi connectivity index (χ2v) is 6.41. The molecule has 0 radical (unpaired) electrons. The Morgan fingerprint density at radius 2 is 1.58 bits per heavy atom. The summed E-state index contributed by atoms with van der Waals surface area (Å²) >= 11 is 0. The van der Waals surface area contributed by atoms with Crippen LogP contribution in [0.25, 0.3) is 0 Å². The molecule has 0 unspecified atom stereocenters. The molecule has 108 valence electrons. The molecular formula is C14H26N4O. The van der Waals surface area contributed by atoms with Gasteiger partial charge >= 0.3 is 0 Å². The van der Waals surface area contributed by atoms with Crippen LogP contribution in [0, 0.1) is 0 Å². The van der Waals surface area contributed by atoms with Crippen molar-refractivity contribution < 1.29 is 5.11 Å². The minimum Gasteiger partial charge on any atom is -0.389 e. The van der Waals surface area contributed by atoms with Gasteiger partial charge in [-0.2, -0.15) is 0 Å². The summed E-state index contributed by atoms with van der Waals surface area (Å²) in [6.45, 7) is 13.1. The Balaban J connectivity index is 3.00. The van der Waals surface area contributed by atoms with Gasteiger partial charge in [-0.25, -0.2) is 9.97 Å². The topological polar surface area (TPSA) is 70.1 Å². The van der Waals surface area contributed by atoms with Crippen LogP contribution < -0.4 is 10.6 Å². The van der Waals surface area contributed by atoms with Gasteiger partial charge in [-0.3, -0.25) is 0 Å². The molecule has 0 atom stereocenters. The molecule has 3 N–H and O–H groups in total. The maximum Gasteiger partial charge on any atom is 0.138 e. The van der Waals surface area contributed by atoms with Gasteiger partial charge in [-0.05, 0) is 20.8 Å². The lowest BCUT2D eigenvalue weighted by molar-refractivity contribution is 0.0944. The fourth-order valence-corrected chi connectivity index (χ4v) is 1.45. The molecule has 0 aliphatic heterocycles. The van der Waals surface area contributed by atoms with Gasteiger partial charge in [0, 0.05) is 24.6 Å². The smallest absolute Gasteiger partial charge is 0.138 e. The average Bonchev–Trinajstić information content (AvgIpc) is 2.24. The van der Waals surface area contributed by atoms with Crippen LogP contribution in [0.4, 0.5) is 11.6 Å². The van der Waals surface area contributed by atoms with Crippen LogP contribution in [0.2, 0.25) is 0 Å². The van der Waals surface area contributed by atoms with E-state index in [-0.39, 0.29) is 5.41 Å². The van der Waals surface area contributed by atoms with Crippen molar-refractivity contribution in [3.8, 4) is 0 Å². The predicted octanol–water partition coefficient (Wildman–Crippen LogP) is 2.39. The first-order chi connectivity index (χ1) is 8.62. The summed E-state index contributed by atoms with van der Waals surface area (Å²) < 4.78 is 0. The van der Waals surface area contributed by atoms with Crippen molar-refractivity contribution in [2.75, 3.05) is 23.7 Å². The van der Waals surface area contributed by atoms with Crippen molar-refractivity contribution >= 4 is 11.6 Å². The van der Waals surface area contributed by atoms with Crippen LogP contribution in [0.15, 0.2) is 6.07 Å². The molecule has 1 aromatic heterocycles. The monoisotopic (exact) mass is 266 g/mol. The van der Waals surface area contributed by atoms with Gasteiger partial charge in [0.15, 0.2) is 0 Å². The zero-order chi connectivity index (χ0) is 14.7. The van der Waals surface area contributed by atoms with Crippen LogP contribution >= 0.6 is 0 Å². The summed E-state index contributed by atoms with van der Waals surface area (Å²) in [4.78, 5) is 9.03. The first-order valence-corrected chi connectivity index (χ1v) is 6.71. The lowest BCUT2D eigenvalue weighted by atomic mass is 9.96. The van der Waals surface area contributed by atoms with Gasteiger partial charge in [0.05, 0.1) is 5.60 Å². The molecule has 5 nitrogen and oxygen atoms in total. The molecule has 1 aromatic rings. The standard InChI is InChI=1S/C14H26N4O/c1-7-15-10-8-11(16-9-14(5,6)19)18-12(17-10)13(2,3)4/h8,19H,7,9H2,1-6H3,(H2,15,16,17,18). The molecule has 0 saturated carbocycles. The quantitative estimate of drug-likeness (QED) is 0.763. The Kier molecular flexibility index (Phi) is 4.74. The van der Waals surface area contributed by atoms with E-state index in [0.717, 1.165) is 24.0 Å². The molecule has 0 aliphatic rings. The molecule has 19 heavy (non-hydrogen) atoms. The van der Waals surface area contributed by atoms with Crippen molar-refractivity contribution in [3.05, 3.63) is 11.9 Å². The van der Waals surface area contributed by atoms with Gasteiger partial charge in [-0.1, -0.05) is 20.8 Å². The maximum absolute atomic E-state index is 9.76. The van der Waals surface area contributed by atoms with E-state index >= 15 is 0 Å². The normalized spacial score (nSPS) is 12.4. The highest BCUT2D eigenvalue weighted by Crippen LogP contribution is 2.22. The SMILES string of the molecule is CCNc1cc(NCC(C)(C)O)nc(C(C)(C)C)n1. The second-order valence-electron chi connectivity index (χ2n) is 6.41. The van der Waals surface area contributed by atoms with Gasteiger partial charge in [0.2, 0.25) is 0 Å². The molecule has 0 bridgehead atoms. The summed E-state index contributed by atoms with van der Waals surface area (Å²) in [6.07, 6.45) is 0. The Morgan fingerprint density at radius 1 is 1.05 bits per heavy atom. The third kappa shape index (κ3) is 5.42. The summed E-state index contributed by atoms with van der Waals surface area (Å²) in [7, 11) is 0. The third-order valence-electron chi connectivity index (χ3n) is 2.46. The number of hydrogen-bond acceptors (Lipinski definition) is 5. The summed E-state index contributed by atoms with van der Waals surface area (Å²) in [5.41, 5.74) is -0.887. The van der Waals surface area contributed by atoms with Gasteiger partial charge < -0.3 is 15.7 Å². The van der Waals surface area contributed by atoms with E-state index in [2.05, 4.69) is 41.4 Å². The van der Waals surface area contributed by atoms with E-state index in [1.807, 2.05) is 13.0 Å². The van der Waals surface area contributed by atoms with Crippen molar-refractivity contribution in [2.24, 2.45) is 0 Å². The highest BCUT2D eigenvalue weighted by Gasteiger charge is 2.20. The van der Waals surface area contributed by atoms with Crippen molar-refractivity contribution in [1.82, 2.24) is 9.97 Å². The molecule has 1 heterocycles. The predicted molar refractivity (Wildman–Crippen MR) is 79.7 cm³/mol. The van der Waals surface area contributed by atoms with E-state index in [4.69, 9.17) is 0 Å². The zero-order valence-electron chi connectivity index (χ0n) is 12.8. The molecule has 0 fully saturated rings. The second kappa shape index (κ2) is 5.74. The number of aliphatic hydroxyl groups is 1. The fourth-order valence-electron chi connectivity index (χ4n) is 1.45. The maximum atomic E-state index is 9.76. The summed E-state index contributed by atoms with van der Waals surface area (Å²) in [5, 5.41) is 16.1. The first-order valence-electron chi connectivity index (χ1n) is 6.71. The summed E-state index contributed by atoms with van der Waals surface area (Å²) in [5.74, 6) is 2.32. The molecule has 0 aliphatic carbocycles. The molecule has 5 heteroatoms. The minimum absolute atomic E-state index is 0.114. The lowest BCUT2D eigenvalue weighted by Gasteiger charge is -2.21. The van der Waals surface area contributed by atoms with Crippen molar-refractivity contribution in [2.45, 2.75) is 52.6 Å². The van der Waals surface area contributed by atoms with E-state index in [9.17, 15) is 5.11 Å². The highest BCUT2D eigenvalue weighted by molar-refractivity contribution is 5.48. The van der Waals surface area contributed by atoms with Crippen LogP contribution in [-0.4, -0.2) is 33.8 Å². The van der Waals surface area contributed by atoms with Gasteiger partial charge in [0.25, 0.3) is 0 Å². The van der Waals surface area contributed by atoms with E-state index in [0.29, 0.717) is 6.54 Å². The molecular weight excluding hydrogens is 240 g/mol. The van der Waals surface area contributed by atoms with Crippen LogP contribution in [0.3, 0.4) is 0 Å². The fraction of sp³-hybridized carbons (Fsp3) is 0.714. The number of rotatable bonds is 5. The van der Waals surface area contributed by atoms with Crippen LogP contribution in [-0.2, 0) is 5.41 Å². The Morgan fingerprint density at radius 3 is 2.00 bits per heavy atom. The lowest BCUT2D eigenvalue weighted by Crippen LogP contribution is -2.30. The highest BCUT2D eigenvalue weighted by atomic mass is 16.3. The summed E-state index contributed by atoms with van der Waals surface area (Å²) in [6, 6.07) is 1.87. The number of nitrogens with one attached hydrogen (secondary N) is 2. The Labute approximate surface area is 115 Å². The zero-order valence-corrected chi connectivity index (χ0v) is 12.8. The van der Waals surface area contributed by atoms with Gasteiger partial charge in [0.1, 0.15) is 17.5 Å². The van der Waals surface area contributed by atoms with Crippen LogP contribution in [0.5, 0.6) is 0 Å². The first kappa shape index (κ1) is 15.7. The third-order valence-corrected chi connectivity index (χ3v) is 2.46. The number of hydrogen-bond donors (Lipinski definition) is 3. The molecule has 0 spiro atoms. The van der Waals surface area contributed by atoms with E-state index < -0.39 is 5.60 Å². The molecule has 1 rings (SSSR count). The number of anilines is 2. The van der Waals surface area contributed by atoms with Crippen molar-refractivity contribution in [3.63, 3.8) is 0 Å². The van der Waals surface area contributed by atoms with E-state index in [1.54, 1.807) is 13.8 Å². The van der Waals surface area contributed by atoms with Crippen LogP contribution in [0.1, 0.15) is 47.4 Å². The Hall–Kier alpha value is -1.36. The average molecular weight is 266 g/mol. The molecule has 0 aromatic carbocycles. The number of nitrogens with zero attached hydrogens (tertiary/aromatic N) is 2. The van der Waals surface area contributed by atoms with E-state index in [1.165, 1.54) is 0 Å². The largest absolute Gasteiger partial charge is 0.389 e.